The van der Waals surface area contributed by atoms with Crippen LogP contribution in [0.3, 0.4) is 0 Å². The van der Waals surface area contributed by atoms with Crippen LogP contribution in [0.25, 0.3) is 0 Å². The third-order valence-corrected chi connectivity index (χ3v) is 4.01. The lowest BCUT2D eigenvalue weighted by atomic mass is 10.1. The number of aliphatic hydroxyl groups excluding tert-OH is 1. The first-order valence-electron chi connectivity index (χ1n) is 6.01. The van der Waals surface area contributed by atoms with Crippen molar-refractivity contribution >= 4 is 15.7 Å². The molecule has 0 heterocycles. The van der Waals surface area contributed by atoms with Gasteiger partial charge in [-0.15, -0.1) is 0 Å². The smallest absolute Gasteiger partial charge is 0.248 e. The van der Waals surface area contributed by atoms with Crippen LogP contribution in [-0.4, -0.2) is 25.4 Å². The molecule has 1 aromatic rings. The number of aryl methyl sites for hydroxylation is 1. The molecule has 0 fully saturated rings. The van der Waals surface area contributed by atoms with Gasteiger partial charge in [-0.3, -0.25) is 4.72 Å². The van der Waals surface area contributed by atoms with Crippen molar-refractivity contribution in [3.05, 3.63) is 29.3 Å². The van der Waals surface area contributed by atoms with Crippen molar-refractivity contribution < 1.29 is 13.5 Å². The van der Waals surface area contributed by atoms with Gasteiger partial charge in [0.2, 0.25) is 10.0 Å². The molecule has 1 unspecified atom stereocenters. The van der Waals surface area contributed by atoms with E-state index in [9.17, 15) is 8.42 Å². The SMILES string of the molecule is Cc1cc(C#CCCO)cc(NS(=O)(=O)C(C)C#N)c1. The number of hydrogen-bond donors (Lipinski definition) is 2. The van der Waals surface area contributed by atoms with E-state index in [1.54, 1.807) is 18.2 Å². The first kappa shape index (κ1) is 16.0. The Kier molecular flexibility index (Phi) is 5.57. The molecule has 0 bridgehead atoms. The van der Waals surface area contributed by atoms with Gasteiger partial charge in [0.15, 0.2) is 5.25 Å². The fourth-order valence-corrected chi connectivity index (χ4v) is 2.22. The molecule has 0 aliphatic heterocycles. The van der Waals surface area contributed by atoms with Gasteiger partial charge in [-0.2, -0.15) is 5.26 Å². The van der Waals surface area contributed by atoms with Crippen LogP contribution in [0.5, 0.6) is 0 Å². The van der Waals surface area contributed by atoms with Gasteiger partial charge in [-0.05, 0) is 37.6 Å². The summed E-state index contributed by atoms with van der Waals surface area (Å²) in [7, 11) is -3.72. The number of nitrogens with zero attached hydrogens (tertiary/aromatic N) is 1. The van der Waals surface area contributed by atoms with Gasteiger partial charge in [-0.1, -0.05) is 11.8 Å². The Labute approximate surface area is 119 Å². The fourth-order valence-electron chi connectivity index (χ4n) is 1.46. The first-order valence-corrected chi connectivity index (χ1v) is 7.56. The summed E-state index contributed by atoms with van der Waals surface area (Å²) in [5.74, 6) is 5.62. The van der Waals surface area contributed by atoms with E-state index in [0.717, 1.165) is 5.56 Å². The van der Waals surface area contributed by atoms with Gasteiger partial charge in [0.1, 0.15) is 0 Å². The molecule has 1 aromatic carbocycles. The van der Waals surface area contributed by atoms with Gasteiger partial charge < -0.3 is 5.11 Å². The number of rotatable bonds is 4. The second-order valence-electron chi connectivity index (χ2n) is 4.28. The van der Waals surface area contributed by atoms with Crippen LogP contribution in [-0.2, 0) is 10.0 Å². The Morgan fingerprint density at radius 1 is 1.40 bits per heavy atom. The predicted molar refractivity (Wildman–Crippen MR) is 77.4 cm³/mol. The third-order valence-electron chi connectivity index (χ3n) is 2.45. The Hall–Kier alpha value is -2.02. The first-order chi connectivity index (χ1) is 9.39. The van der Waals surface area contributed by atoms with E-state index in [2.05, 4.69) is 16.6 Å². The number of benzene rings is 1. The number of nitriles is 1. The second kappa shape index (κ2) is 6.95. The lowest BCUT2D eigenvalue weighted by Gasteiger charge is -2.10. The zero-order chi connectivity index (χ0) is 15.2. The van der Waals surface area contributed by atoms with Gasteiger partial charge in [-0.25, -0.2) is 8.42 Å². The van der Waals surface area contributed by atoms with Crippen LogP contribution in [0.2, 0.25) is 0 Å². The molecule has 0 aromatic heterocycles. The van der Waals surface area contributed by atoms with Gasteiger partial charge in [0.05, 0.1) is 18.4 Å². The number of hydrogen-bond acceptors (Lipinski definition) is 4. The standard InChI is InChI=1S/C14H16N2O3S/c1-11-7-13(5-3-4-6-17)9-14(8-11)16-20(18,19)12(2)10-15/h7-9,12,16-17H,4,6H2,1-2H3. The zero-order valence-electron chi connectivity index (χ0n) is 11.3. The predicted octanol–water partition coefficient (Wildman–Crippen LogP) is 1.38. The normalized spacial score (nSPS) is 11.9. The van der Waals surface area contributed by atoms with Crippen LogP contribution in [0.15, 0.2) is 18.2 Å². The van der Waals surface area contributed by atoms with Crippen molar-refractivity contribution in [2.75, 3.05) is 11.3 Å². The van der Waals surface area contributed by atoms with Crippen molar-refractivity contribution in [3.8, 4) is 17.9 Å². The Bertz CT molecular complexity index is 679. The number of aliphatic hydroxyl groups is 1. The Morgan fingerprint density at radius 2 is 2.10 bits per heavy atom. The van der Waals surface area contributed by atoms with Crippen molar-refractivity contribution in [1.82, 2.24) is 0 Å². The molecule has 1 atom stereocenters. The minimum Gasteiger partial charge on any atom is -0.395 e. The van der Waals surface area contributed by atoms with E-state index in [-0.39, 0.29) is 6.61 Å². The van der Waals surface area contributed by atoms with Gasteiger partial charge >= 0.3 is 0 Å². The molecule has 0 radical (unpaired) electrons. The van der Waals surface area contributed by atoms with Crippen LogP contribution >= 0.6 is 0 Å². The van der Waals surface area contributed by atoms with E-state index < -0.39 is 15.3 Å². The summed E-state index contributed by atoms with van der Waals surface area (Å²) < 4.78 is 26.0. The average Bonchev–Trinajstić information content (AvgIpc) is 2.36. The molecule has 0 aliphatic rings. The minimum absolute atomic E-state index is 0.0159. The summed E-state index contributed by atoms with van der Waals surface area (Å²) in [6.45, 7) is 3.13. The minimum atomic E-state index is -3.72. The lowest BCUT2D eigenvalue weighted by Crippen LogP contribution is -2.23. The van der Waals surface area contributed by atoms with Crippen LogP contribution in [0.1, 0.15) is 24.5 Å². The maximum Gasteiger partial charge on any atom is 0.248 e. The molecule has 0 saturated carbocycles. The van der Waals surface area contributed by atoms with Crippen LogP contribution in [0, 0.1) is 30.1 Å². The maximum atomic E-state index is 11.8. The highest BCUT2D eigenvalue weighted by Gasteiger charge is 2.20. The van der Waals surface area contributed by atoms with Crippen LogP contribution < -0.4 is 4.72 Å². The zero-order valence-corrected chi connectivity index (χ0v) is 12.2. The fraction of sp³-hybridized carbons (Fsp3) is 0.357. The van der Waals surface area contributed by atoms with Crippen molar-refractivity contribution in [2.45, 2.75) is 25.5 Å². The Morgan fingerprint density at radius 3 is 2.70 bits per heavy atom. The van der Waals surface area contributed by atoms with Crippen molar-refractivity contribution in [1.29, 1.82) is 5.26 Å². The summed E-state index contributed by atoms with van der Waals surface area (Å²) in [6, 6.07) is 6.77. The molecule has 106 valence electrons. The number of anilines is 1. The van der Waals surface area contributed by atoms with Crippen molar-refractivity contribution in [3.63, 3.8) is 0 Å². The van der Waals surface area contributed by atoms with E-state index in [0.29, 0.717) is 17.7 Å². The number of sulfonamides is 1. The van der Waals surface area contributed by atoms with Crippen molar-refractivity contribution in [2.24, 2.45) is 0 Å². The van der Waals surface area contributed by atoms with E-state index in [1.165, 1.54) is 6.92 Å². The van der Waals surface area contributed by atoms with E-state index in [1.807, 2.05) is 13.0 Å². The highest BCUT2D eigenvalue weighted by Crippen LogP contribution is 2.16. The average molecular weight is 292 g/mol. The monoisotopic (exact) mass is 292 g/mol. The molecule has 0 spiro atoms. The molecule has 6 heteroatoms. The third kappa shape index (κ3) is 4.58. The summed E-state index contributed by atoms with van der Waals surface area (Å²) in [6.07, 6.45) is 0.362. The molecule has 1 rings (SSSR count). The summed E-state index contributed by atoms with van der Waals surface area (Å²) in [4.78, 5) is 0. The quantitative estimate of drug-likeness (QED) is 0.820. The molecule has 0 aliphatic carbocycles. The highest BCUT2D eigenvalue weighted by atomic mass is 32.2. The van der Waals surface area contributed by atoms with E-state index >= 15 is 0 Å². The number of nitrogens with one attached hydrogen (secondary N) is 1. The molecule has 2 N–H and O–H groups in total. The lowest BCUT2D eigenvalue weighted by molar-refractivity contribution is 0.305. The highest BCUT2D eigenvalue weighted by molar-refractivity contribution is 7.93. The topological polar surface area (TPSA) is 90.2 Å². The Balaban J connectivity index is 3.04. The molecule has 0 saturated heterocycles. The largest absolute Gasteiger partial charge is 0.395 e. The summed E-state index contributed by atoms with van der Waals surface area (Å²) in [5, 5.41) is 16.2. The van der Waals surface area contributed by atoms with E-state index in [4.69, 9.17) is 10.4 Å². The summed E-state index contributed by atoms with van der Waals surface area (Å²) >= 11 is 0. The molecule has 20 heavy (non-hydrogen) atoms. The second-order valence-corrected chi connectivity index (χ2v) is 6.28. The molecule has 5 nitrogen and oxygen atoms in total. The summed E-state index contributed by atoms with van der Waals surface area (Å²) in [5.41, 5.74) is 1.88. The van der Waals surface area contributed by atoms with Gasteiger partial charge in [0, 0.05) is 12.0 Å². The maximum absolute atomic E-state index is 11.8. The van der Waals surface area contributed by atoms with Gasteiger partial charge in [0.25, 0.3) is 0 Å². The molecular weight excluding hydrogens is 276 g/mol. The van der Waals surface area contributed by atoms with Crippen LogP contribution in [0.4, 0.5) is 5.69 Å². The molecule has 0 amide bonds. The molecular formula is C14H16N2O3S.